The number of nitrogens with two attached hydrogens (primary N) is 1. The largest absolute Gasteiger partial charge is 0.396 e. The van der Waals surface area contributed by atoms with Gasteiger partial charge in [-0.15, -0.1) is 11.8 Å². The Morgan fingerprint density at radius 3 is 2.87 bits per heavy atom. The van der Waals surface area contributed by atoms with Gasteiger partial charge in [-0.1, -0.05) is 6.07 Å². The maximum atomic E-state index is 8.69. The molecular formula is C10H13BrN2OS. The lowest BCUT2D eigenvalue weighted by Gasteiger charge is -2.09. The summed E-state index contributed by atoms with van der Waals surface area (Å²) in [6.07, 6.45) is 0.745. The van der Waals surface area contributed by atoms with Crippen LogP contribution in [-0.2, 0) is 0 Å². The lowest BCUT2D eigenvalue weighted by atomic mass is 10.2. The zero-order chi connectivity index (χ0) is 11.3. The minimum absolute atomic E-state index is 0.0639. The van der Waals surface area contributed by atoms with Crippen LogP contribution in [0.5, 0.6) is 0 Å². The average molecular weight is 289 g/mol. The summed E-state index contributed by atoms with van der Waals surface area (Å²) in [5, 5.41) is 16.2. The van der Waals surface area contributed by atoms with Crippen LogP contribution in [0.15, 0.2) is 27.6 Å². The molecule has 0 spiro atoms. The smallest absolute Gasteiger partial charge is 0.125 e. The van der Waals surface area contributed by atoms with E-state index in [-0.39, 0.29) is 12.4 Å². The minimum Gasteiger partial charge on any atom is -0.396 e. The molecule has 1 rings (SSSR count). The van der Waals surface area contributed by atoms with E-state index in [1.165, 1.54) is 0 Å². The van der Waals surface area contributed by atoms with Gasteiger partial charge >= 0.3 is 0 Å². The topological polar surface area (TPSA) is 70.1 Å². The van der Waals surface area contributed by atoms with Gasteiger partial charge < -0.3 is 10.8 Å². The van der Waals surface area contributed by atoms with Gasteiger partial charge in [-0.25, -0.2) is 0 Å². The first kappa shape index (κ1) is 12.5. The summed E-state index contributed by atoms with van der Waals surface area (Å²) in [5.41, 5.74) is 6.25. The first-order valence-corrected chi connectivity index (χ1v) is 6.31. The first-order chi connectivity index (χ1) is 7.16. The Morgan fingerprint density at radius 1 is 1.53 bits per heavy atom. The molecule has 0 bridgehead atoms. The van der Waals surface area contributed by atoms with E-state index in [2.05, 4.69) is 15.9 Å². The van der Waals surface area contributed by atoms with Gasteiger partial charge in [-0.05, 0) is 34.5 Å². The molecule has 15 heavy (non-hydrogen) atoms. The van der Waals surface area contributed by atoms with Gasteiger partial charge in [0.2, 0.25) is 0 Å². The zero-order valence-electron chi connectivity index (χ0n) is 8.16. The Morgan fingerprint density at radius 2 is 2.27 bits per heavy atom. The molecule has 0 fully saturated rings. The van der Waals surface area contributed by atoms with Crippen LogP contribution in [0.2, 0.25) is 0 Å². The molecule has 0 saturated heterocycles. The van der Waals surface area contributed by atoms with Crippen molar-refractivity contribution in [2.75, 3.05) is 12.4 Å². The van der Waals surface area contributed by atoms with E-state index in [9.17, 15) is 0 Å². The number of hydrogen-bond donors (Lipinski definition) is 3. The lowest BCUT2D eigenvalue weighted by Crippen LogP contribution is -2.13. The van der Waals surface area contributed by atoms with E-state index < -0.39 is 0 Å². The molecule has 3 nitrogen and oxygen atoms in total. The molecule has 0 heterocycles. The Bertz CT molecular complexity index is 357. The molecule has 0 aromatic heterocycles. The molecule has 0 aliphatic carbocycles. The molecule has 82 valence electrons. The summed E-state index contributed by atoms with van der Waals surface area (Å²) in [4.78, 5) is 0.977. The van der Waals surface area contributed by atoms with Crippen molar-refractivity contribution in [2.45, 2.75) is 11.3 Å². The van der Waals surface area contributed by atoms with Crippen LogP contribution in [0.1, 0.15) is 12.0 Å². The van der Waals surface area contributed by atoms with Gasteiger partial charge in [0, 0.05) is 27.3 Å². The molecule has 0 radical (unpaired) electrons. The van der Waals surface area contributed by atoms with E-state index in [1.54, 1.807) is 11.8 Å². The number of benzene rings is 1. The number of aliphatic hydroxyl groups is 1. The zero-order valence-corrected chi connectivity index (χ0v) is 10.6. The van der Waals surface area contributed by atoms with Gasteiger partial charge in [0.15, 0.2) is 0 Å². The SMILES string of the molecule is N=C(N)c1c(Br)cccc1SCCCO. The van der Waals surface area contributed by atoms with Gasteiger partial charge in [-0.3, -0.25) is 5.41 Å². The van der Waals surface area contributed by atoms with Crippen LogP contribution in [0.4, 0.5) is 0 Å². The quantitative estimate of drug-likeness (QED) is 0.337. The van der Waals surface area contributed by atoms with E-state index >= 15 is 0 Å². The summed E-state index contributed by atoms with van der Waals surface area (Å²) in [6.45, 7) is 0.191. The monoisotopic (exact) mass is 288 g/mol. The molecule has 5 heteroatoms. The number of amidine groups is 1. The normalized spacial score (nSPS) is 10.3. The number of thioether (sulfide) groups is 1. The maximum absolute atomic E-state index is 8.69. The molecular weight excluding hydrogens is 276 g/mol. The predicted molar refractivity (Wildman–Crippen MR) is 67.6 cm³/mol. The third-order valence-corrected chi connectivity index (χ3v) is 3.61. The number of nitrogen functional groups attached to an aromatic ring is 1. The van der Waals surface area contributed by atoms with Crippen LogP contribution in [-0.4, -0.2) is 23.3 Å². The van der Waals surface area contributed by atoms with E-state index in [4.69, 9.17) is 16.2 Å². The summed E-state index contributed by atoms with van der Waals surface area (Å²) in [7, 11) is 0. The molecule has 0 atom stereocenters. The summed E-state index contributed by atoms with van der Waals surface area (Å²) in [5.74, 6) is 0.890. The predicted octanol–water partition coefficient (Wildman–Crippen LogP) is 2.21. The number of aliphatic hydroxyl groups excluding tert-OH is 1. The molecule has 0 amide bonds. The van der Waals surface area contributed by atoms with Crippen molar-refractivity contribution >= 4 is 33.5 Å². The molecule has 0 saturated carbocycles. The fourth-order valence-electron chi connectivity index (χ4n) is 1.13. The molecule has 0 unspecified atom stereocenters. The Hall–Kier alpha value is -0.520. The van der Waals surface area contributed by atoms with Gasteiger partial charge in [-0.2, -0.15) is 0 Å². The first-order valence-electron chi connectivity index (χ1n) is 4.53. The van der Waals surface area contributed by atoms with Gasteiger partial charge in [0.25, 0.3) is 0 Å². The Kier molecular flexibility index (Phi) is 5.14. The molecule has 1 aromatic carbocycles. The highest BCUT2D eigenvalue weighted by Crippen LogP contribution is 2.28. The highest BCUT2D eigenvalue weighted by Gasteiger charge is 2.09. The van der Waals surface area contributed by atoms with E-state index in [0.717, 1.165) is 27.1 Å². The van der Waals surface area contributed by atoms with Crippen molar-refractivity contribution in [3.8, 4) is 0 Å². The fourth-order valence-corrected chi connectivity index (χ4v) is 2.88. The highest BCUT2D eigenvalue weighted by molar-refractivity contribution is 9.10. The summed E-state index contributed by atoms with van der Waals surface area (Å²) >= 11 is 4.98. The number of hydrogen-bond acceptors (Lipinski definition) is 3. The Balaban J connectivity index is 2.86. The maximum Gasteiger partial charge on any atom is 0.125 e. The molecule has 1 aromatic rings. The molecule has 0 aliphatic heterocycles. The van der Waals surface area contributed by atoms with Crippen LogP contribution >= 0.6 is 27.7 Å². The van der Waals surface area contributed by atoms with Crippen LogP contribution in [0.25, 0.3) is 0 Å². The van der Waals surface area contributed by atoms with Gasteiger partial charge in [0.1, 0.15) is 5.84 Å². The van der Waals surface area contributed by atoms with Gasteiger partial charge in [0.05, 0.1) is 0 Å². The molecule has 0 aliphatic rings. The van der Waals surface area contributed by atoms with Crippen molar-refractivity contribution in [2.24, 2.45) is 5.73 Å². The second kappa shape index (κ2) is 6.15. The van der Waals surface area contributed by atoms with Crippen LogP contribution in [0.3, 0.4) is 0 Å². The van der Waals surface area contributed by atoms with Crippen LogP contribution in [0, 0.1) is 5.41 Å². The fraction of sp³-hybridized carbons (Fsp3) is 0.300. The van der Waals surface area contributed by atoms with Crippen LogP contribution < -0.4 is 5.73 Å². The third kappa shape index (κ3) is 3.52. The highest BCUT2D eigenvalue weighted by atomic mass is 79.9. The van der Waals surface area contributed by atoms with E-state index in [0.29, 0.717) is 0 Å². The standard InChI is InChI=1S/C10H13BrN2OS/c11-7-3-1-4-8(9(7)10(12)13)15-6-2-5-14/h1,3-4,14H,2,5-6H2,(H3,12,13). The summed E-state index contributed by atoms with van der Waals surface area (Å²) < 4.78 is 0.837. The third-order valence-electron chi connectivity index (χ3n) is 1.80. The minimum atomic E-state index is 0.0639. The Labute approximate surface area is 102 Å². The lowest BCUT2D eigenvalue weighted by molar-refractivity contribution is 0.296. The number of rotatable bonds is 5. The average Bonchev–Trinajstić information content (AvgIpc) is 2.17. The van der Waals surface area contributed by atoms with Crippen molar-refractivity contribution in [3.05, 3.63) is 28.2 Å². The number of halogens is 1. The van der Waals surface area contributed by atoms with Crippen molar-refractivity contribution in [3.63, 3.8) is 0 Å². The molecule has 4 N–H and O–H groups in total. The second-order valence-electron chi connectivity index (χ2n) is 2.95. The second-order valence-corrected chi connectivity index (χ2v) is 4.94. The summed E-state index contributed by atoms with van der Waals surface area (Å²) in [6, 6.07) is 5.72. The number of nitrogens with one attached hydrogen (secondary N) is 1. The van der Waals surface area contributed by atoms with E-state index in [1.807, 2.05) is 18.2 Å². The van der Waals surface area contributed by atoms with Crippen molar-refractivity contribution in [1.82, 2.24) is 0 Å². The van der Waals surface area contributed by atoms with Crippen molar-refractivity contribution < 1.29 is 5.11 Å². The van der Waals surface area contributed by atoms with Crippen molar-refractivity contribution in [1.29, 1.82) is 5.41 Å².